The summed E-state index contributed by atoms with van der Waals surface area (Å²) in [6.45, 7) is 6.29. The number of ether oxygens (including phenoxy) is 2. The summed E-state index contributed by atoms with van der Waals surface area (Å²) in [4.78, 5) is 10.8. The molecule has 1 atom stereocenters. The molecule has 7 heteroatoms. The maximum Gasteiger partial charge on any atom is 0.330 e. The Morgan fingerprint density at radius 3 is 2.48 bits per heavy atom. The second-order valence-electron chi connectivity index (χ2n) is 4.90. The smallest absolute Gasteiger partial charge is 0.330 e. The number of hydrogen-bond donors (Lipinski definition) is 1. The van der Waals surface area contributed by atoms with E-state index >= 15 is 0 Å². The van der Waals surface area contributed by atoms with Gasteiger partial charge in [-0.3, -0.25) is 4.55 Å². The first kappa shape index (κ1) is 20.1. The summed E-state index contributed by atoms with van der Waals surface area (Å²) < 4.78 is 40.1. The topological polar surface area (TPSA) is 89.9 Å². The Hall–Kier alpha value is -0.920. The van der Waals surface area contributed by atoms with Crippen molar-refractivity contribution in [3.63, 3.8) is 0 Å². The summed E-state index contributed by atoms with van der Waals surface area (Å²) in [5.74, 6) is -0.590. The monoisotopic (exact) mass is 322 g/mol. The lowest BCUT2D eigenvalue weighted by Gasteiger charge is -2.12. The van der Waals surface area contributed by atoms with Crippen LogP contribution in [0.5, 0.6) is 0 Å². The van der Waals surface area contributed by atoms with Crippen molar-refractivity contribution in [2.24, 2.45) is 0 Å². The van der Waals surface area contributed by atoms with E-state index in [0.29, 0.717) is 26.1 Å². The minimum atomic E-state index is -3.84. The summed E-state index contributed by atoms with van der Waals surface area (Å²) >= 11 is 0. The number of rotatable bonds is 13. The lowest BCUT2D eigenvalue weighted by atomic mass is 10.2. The maximum atomic E-state index is 10.8. The molecule has 1 N–H and O–H groups in total. The number of carbonyl (C=O) groups is 1. The molecule has 0 saturated carbocycles. The van der Waals surface area contributed by atoms with Gasteiger partial charge in [0.05, 0.1) is 18.5 Å². The van der Waals surface area contributed by atoms with E-state index in [1.807, 2.05) is 6.92 Å². The minimum Gasteiger partial charge on any atom is -0.463 e. The molecule has 0 aromatic heterocycles. The van der Waals surface area contributed by atoms with Crippen molar-refractivity contribution in [3.05, 3.63) is 12.7 Å². The van der Waals surface area contributed by atoms with Gasteiger partial charge in [0.15, 0.2) is 0 Å². The molecule has 6 nitrogen and oxygen atoms in total. The average molecular weight is 322 g/mol. The number of unbranched alkanes of at least 4 members (excludes halogenated alkanes) is 3. The number of hydrogen-bond acceptors (Lipinski definition) is 5. The highest BCUT2D eigenvalue weighted by Gasteiger charge is 2.06. The van der Waals surface area contributed by atoms with E-state index < -0.39 is 16.1 Å². The Kier molecular flexibility index (Phi) is 11.2. The normalized spacial score (nSPS) is 12.9. The highest BCUT2D eigenvalue weighted by Crippen LogP contribution is 2.07. The minimum absolute atomic E-state index is 0.0741. The van der Waals surface area contributed by atoms with Gasteiger partial charge in [-0.15, -0.1) is 0 Å². The van der Waals surface area contributed by atoms with Gasteiger partial charge in [-0.25, -0.2) is 4.79 Å². The molecule has 0 spiro atoms. The highest BCUT2D eigenvalue weighted by atomic mass is 32.2. The molecule has 0 aromatic carbocycles. The van der Waals surface area contributed by atoms with Crippen molar-refractivity contribution < 1.29 is 27.2 Å². The lowest BCUT2D eigenvalue weighted by Crippen LogP contribution is -2.11. The zero-order chi connectivity index (χ0) is 16.1. The second-order valence-corrected chi connectivity index (χ2v) is 6.47. The molecule has 0 aromatic rings. The Bertz CT molecular complexity index is 390. The van der Waals surface area contributed by atoms with Crippen LogP contribution in [0.2, 0.25) is 0 Å². The van der Waals surface area contributed by atoms with Crippen molar-refractivity contribution >= 4 is 16.1 Å². The van der Waals surface area contributed by atoms with Gasteiger partial charge in [0, 0.05) is 12.7 Å². The van der Waals surface area contributed by atoms with Gasteiger partial charge < -0.3 is 9.47 Å². The van der Waals surface area contributed by atoms with E-state index in [2.05, 4.69) is 6.58 Å². The van der Waals surface area contributed by atoms with E-state index in [0.717, 1.165) is 31.8 Å². The van der Waals surface area contributed by atoms with Crippen molar-refractivity contribution in [1.82, 2.24) is 0 Å². The largest absolute Gasteiger partial charge is 0.463 e. The van der Waals surface area contributed by atoms with Crippen LogP contribution in [0.25, 0.3) is 0 Å². The Labute approximate surface area is 127 Å². The molecule has 0 fully saturated rings. The quantitative estimate of drug-likeness (QED) is 0.242. The first-order chi connectivity index (χ1) is 9.85. The lowest BCUT2D eigenvalue weighted by molar-refractivity contribution is -0.137. The van der Waals surface area contributed by atoms with Crippen LogP contribution in [0.4, 0.5) is 0 Å². The van der Waals surface area contributed by atoms with E-state index in [9.17, 15) is 13.2 Å². The molecule has 0 radical (unpaired) electrons. The van der Waals surface area contributed by atoms with Gasteiger partial charge >= 0.3 is 5.97 Å². The predicted molar refractivity (Wildman–Crippen MR) is 80.7 cm³/mol. The van der Waals surface area contributed by atoms with E-state index in [-0.39, 0.29) is 11.9 Å². The molecule has 124 valence electrons. The van der Waals surface area contributed by atoms with E-state index in [1.54, 1.807) is 0 Å². The molecule has 0 aliphatic carbocycles. The summed E-state index contributed by atoms with van der Waals surface area (Å²) in [5.41, 5.74) is 0. The van der Waals surface area contributed by atoms with Crippen LogP contribution in [0, 0.1) is 0 Å². The second kappa shape index (κ2) is 11.7. The van der Waals surface area contributed by atoms with Crippen LogP contribution in [0.15, 0.2) is 12.7 Å². The molecule has 0 amide bonds. The van der Waals surface area contributed by atoms with Gasteiger partial charge in [-0.2, -0.15) is 8.42 Å². The Morgan fingerprint density at radius 2 is 1.86 bits per heavy atom. The molecular formula is C14H26O6S. The average Bonchev–Trinajstić information content (AvgIpc) is 2.41. The van der Waals surface area contributed by atoms with Crippen molar-refractivity contribution in [2.45, 2.75) is 51.6 Å². The van der Waals surface area contributed by atoms with Crippen molar-refractivity contribution in [1.29, 1.82) is 0 Å². The van der Waals surface area contributed by atoms with E-state index in [1.165, 1.54) is 0 Å². The van der Waals surface area contributed by atoms with Crippen LogP contribution in [0.3, 0.4) is 0 Å². The Balaban J connectivity index is 3.36. The first-order valence-corrected chi connectivity index (χ1v) is 8.82. The molecule has 0 aliphatic rings. The van der Waals surface area contributed by atoms with Crippen LogP contribution < -0.4 is 0 Å². The maximum absolute atomic E-state index is 10.8. The van der Waals surface area contributed by atoms with Gasteiger partial charge in [0.25, 0.3) is 10.1 Å². The van der Waals surface area contributed by atoms with Crippen LogP contribution >= 0.6 is 0 Å². The fraction of sp³-hybridized carbons (Fsp3) is 0.786. The van der Waals surface area contributed by atoms with Gasteiger partial charge in [-0.1, -0.05) is 6.58 Å². The fourth-order valence-corrected chi connectivity index (χ4v) is 2.27. The standard InChI is InChI=1S/C14H26O6S/c1-3-14(15)20-11-7-4-6-10-19-13(2)9-5-8-12-21(16,17)18/h3,13H,1,4-12H2,2H3,(H,16,17,18). The van der Waals surface area contributed by atoms with Crippen LogP contribution in [-0.2, 0) is 24.4 Å². The predicted octanol–water partition coefficient (Wildman–Crippen LogP) is 2.35. The summed E-state index contributed by atoms with van der Waals surface area (Å²) in [7, 11) is -3.84. The van der Waals surface area contributed by atoms with E-state index in [4.69, 9.17) is 14.0 Å². The molecule has 1 unspecified atom stereocenters. The molecule has 0 rings (SSSR count). The molecule has 0 heterocycles. The van der Waals surface area contributed by atoms with Crippen molar-refractivity contribution in [2.75, 3.05) is 19.0 Å². The zero-order valence-corrected chi connectivity index (χ0v) is 13.4. The molecule has 0 aliphatic heterocycles. The van der Waals surface area contributed by atoms with Crippen LogP contribution in [0.1, 0.15) is 45.4 Å². The first-order valence-electron chi connectivity index (χ1n) is 7.21. The summed E-state index contributed by atoms with van der Waals surface area (Å²) in [6, 6.07) is 0. The SMILES string of the molecule is C=CC(=O)OCCCCCOC(C)CCCCS(=O)(=O)O. The van der Waals surface area contributed by atoms with Crippen molar-refractivity contribution in [3.8, 4) is 0 Å². The molecule has 0 bridgehead atoms. The number of esters is 1. The van der Waals surface area contributed by atoms with Gasteiger partial charge in [0.2, 0.25) is 0 Å². The summed E-state index contributed by atoms with van der Waals surface area (Å²) in [5, 5.41) is 0. The zero-order valence-electron chi connectivity index (χ0n) is 12.6. The highest BCUT2D eigenvalue weighted by molar-refractivity contribution is 7.85. The molecular weight excluding hydrogens is 296 g/mol. The van der Waals surface area contributed by atoms with Gasteiger partial charge in [0.1, 0.15) is 0 Å². The fourth-order valence-electron chi connectivity index (χ4n) is 1.70. The molecule has 0 saturated heterocycles. The van der Waals surface area contributed by atoms with Crippen LogP contribution in [-0.4, -0.2) is 44.0 Å². The third kappa shape index (κ3) is 15.3. The summed E-state index contributed by atoms with van der Waals surface area (Å²) in [6.07, 6.45) is 5.75. The Morgan fingerprint density at radius 1 is 1.19 bits per heavy atom. The molecule has 21 heavy (non-hydrogen) atoms. The number of carbonyl (C=O) groups excluding carboxylic acids is 1. The third-order valence-electron chi connectivity index (χ3n) is 2.86. The van der Waals surface area contributed by atoms with Gasteiger partial charge in [-0.05, 0) is 45.4 Å². The third-order valence-corrected chi connectivity index (χ3v) is 3.67.